The van der Waals surface area contributed by atoms with Gasteiger partial charge in [-0.1, -0.05) is 24.3 Å². The second kappa shape index (κ2) is 10.3. The first-order valence-corrected chi connectivity index (χ1v) is 10.9. The molecule has 0 aliphatic rings. The SMILES string of the molecule is COc1ccc(CNCc2c(C(=O)O)n(Cc3ccc(OC)cc3)c3cc(OC)ccc23)cc1. The molecule has 0 atom stereocenters. The Morgan fingerprint density at radius 1 is 0.794 bits per heavy atom. The summed E-state index contributed by atoms with van der Waals surface area (Å²) in [5.74, 6) is 1.26. The lowest BCUT2D eigenvalue weighted by atomic mass is 10.1. The predicted octanol–water partition coefficient (Wildman–Crippen LogP) is 4.70. The van der Waals surface area contributed by atoms with Crippen molar-refractivity contribution in [2.24, 2.45) is 0 Å². The van der Waals surface area contributed by atoms with Crippen LogP contribution in [-0.4, -0.2) is 37.0 Å². The zero-order valence-electron chi connectivity index (χ0n) is 19.5. The summed E-state index contributed by atoms with van der Waals surface area (Å²) < 4.78 is 17.7. The Morgan fingerprint density at radius 2 is 1.35 bits per heavy atom. The van der Waals surface area contributed by atoms with E-state index in [1.807, 2.05) is 71.3 Å². The molecule has 0 fully saturated rings. The summed E-state index contributed by atoms with van der Waals surface area (Å²) in [7, 11) is 4.86. The van der Waals surface area contributed by atoms with Crippen LogP contribution in [-0.2, 0) is 19.6 Å². The molecule has 34 heavy (non-hydrogen) atoms. The van der Waals surface area contributed by atoms with Crippen molar-refractivity contribution in [3.63, 3.8) is 0 Å². The Balaban J connectivity index is 1.69. The molecular formula is C27H28N2O5. The molecule has 0 radical (unpaired) electrons. The van der Waals surface area contributed by atoms with Crippen LogP contribution in [0.5, 0.6) is 17.2 Å². The number of nitrogens with zero attached hydrogens (tertiary/aromatic N) is 1. The molecular weight excluding hydrogens is 432 g/mol. The zero-order valence-corrected chi connectivity index (χ0v) is 19.5. The van der Waals surface area contributed by atoms with Gasteiger partial charge in [0.2, 0.25) is 0 Å². The third kappa shape index (κ3) is 4.84. The van der Waals surface area contributed by atoms with Gasteiger partial charge in [-0.15, -0.1) is 0 Å². The standard InChI is InChI=1S/C27H28N2O5/c1-32-20-8-4-18(5-9-20)15-28-16-24-23-13-12-22(34-3)14-25(23)29(26(24)27(30)31)17-19-6-10-21(33-2)11-7-19/h4-14,28H,15-17H2,1-3H3,(H,30,31). The van der Waals surface area contributed by atoms with Crippen molar-refractivity contribution in [1.82, 2.24) is 9.88 Å². The molecule has 1 heterocycles. The van der Waals surface area contributed by atoms with E-state index in [4.69, 9.17) is 14.2 Å². The summed E-state index contributed by atoms with van der Waals surface area (Å²) in [6.07, 6.45) is 0. The maximum Gasteiger partial charge on any atom is 0.352 e. The van der Waals surface area contributed by atoms with Crippen LogP contribution in [0.25, 0.3) is 10.9 Å². The number of carbonyl (C=O) groups is 1. The van der Waals surface area contributed by atoms with Crippen molar-refractivity contribution in [3.05, 3.63) is 89.1 Å². The van der Waals surface area contributed by atoms with Crippen molar-refractivity contribution < 1.29 is 24.1 Å². The first-order chi connectivity index (χ1) is 16.5. The number of aromatic carboxylic acids is 1. The molecule has 176 valence electrons. The van der Waals surface area contributed by atoms with Crippen molar-refractivity contribution >= 4 is 16.9 Å². The van der Waals surface area contributed by atoms with Crippen LogP contribution in [0.15, 0.2) is 66.7 Å². The Kier molecular flexibility index (Phi) is 7.04. The lowest BCUT2D eigenvalue weighted by Crippen LogP contribution is -2.17. The second-order valence-corrected chi connectivity index (χ2v) is 7.90. The Labute approximate surface area is 198 Å². The Hall–Kier alpha value is -3.97. The fourth-order valence-corrected chi connectivity index (χ4v) is 4.10. The summed E-state index contributed by atoms with van der Waals surface area (Å²) >= 11 is 0. The molecule has 1 aromatic heterocycles. The highest BCUT2D eigenvalue weighted by atomic mass is 16.5. The largest absolute Gasteiger partial charge is 0.497 e. The number of methoxy groups -OCH3 is 3. The van der Waals surface area contributed by atoms with E-state index in [-0.39, 0.29) is 5.69 Å². The van der Waals surface area contributed by atoms with Crippen LogP contribution in [0.3, 0.4) is 0 Å². The predicted molar refractivity (Wildman–Crippen MR) is 131 cm³/mol. The van der Waals surface area contributed by atoms with Crippen molar-refractivity contribution in [1.29, 1.82) is 0 Å². The van der Waals surface area contributed by atoms with E-state index in [9.17, 15) is 9.90 Å². The summed E-state index contributed by atoms with van der Waals surface area (Å²) in [6.45, 7) is 1.42. The number of hydrogen-bond donors (Lipinski definition) is 2. The maximum absolute atomic E-state index is 12.4. The molecule has 0 aliphatic heterocycles. The number of carboxylic acids is 1. The minimum atomic E-state index is -0.968. The van der Waals surface area contributed by atoms with Gasteiger partial charge in [0.05, 0.1) is 26.8 Å². The first-order valence-electron chi connectivity index (χ1n) is 10.9. The minimum Gasteiger partial charge on any atom is -0.497 e. The van der Waals surface area contributed by atoms with Gasteiger partial charge in [-0.25, -0.2) is 4.79 Å². The van der Waals surface area contributed by atoms with E-state index in [0.717, 1.165) is 39.1 Å². The number of nitrogens with one attached hydrogen (secondary N) is 1. The molecule has 3 aromatic carbocycles. The van der Waals surface area contributed by atoms with Crippen LogP contribution >= 0.6 is 0 Å². The van der Waals surface area contributed by atoms with Gasteiger partial charge in [-0.05, 0) is 47.5 Å². The molecule has 0 unspecified atom stereocenters. The topological polar surface area (TPSA) is 82.0 Å². The lowest BCUT2D eigenvalue weighted by molar-refractivity contribution is 0.0684. The number of hydrogen-bond acceptors (Lipinski definition) is 5. The normalized spacial score (nSPS) is 10.9. The Bertz CT molecular complexity index is 1280. The fraction of sp³-hybridized carbons (Fsp3) is 0.222. The smallest absolute Gasteiger partial charge is 0.352 e. The van der Waals surface area contributed by atoms with Crippen molar-refractivity contribution in [2.75, 3.05) is 21.3 Å². The Morgan fingerprint density at radius 3 is 1.91 bits per heavy atom. The fourth-order valence-electron chi connectivity index (χ4n) is 4.10. The van der Waals surface area contributed by atoms with Gasteiger partial charge < -0.3 is 29.2 Å². The van der Waals surface area contributed by atoms with Gasteiger partial charge in [-0.2, -0.15) is 0 Å². The van der Waals surface area contributed by atoms with Gasteiger partial charge in [0.1, 0.15) is 22.9 Å². The maximum atomic E-state index is 12.4. The molecule has 0 saturated carbocycles. The van der Waals surface area contributed by atoms with E-state index in [1.54, 1.807) is 21.3 Å². The minimum absolute atomic E-state index is 0.265. The third-order valence-electron chi connectivity index (χ3n) is 5.87. The van der Waals surface area contributed by atoms with Gasteiger partial charge in [-0.3, -0.25) is 0 Å². The van der Waals surface area contributed by atoms with E-state index in [0.29, 0.717) is 25.4 Å². The van der Waals surface area contributed by atoms with Crippen LogP contribution < -0.4 is 19.5 Å². The quantitative estimate of drug-likeness (QED) is 0.357. The summed E-state index contributed by atoms with van der Waals surface area (Å²) in [4.78, 5) is 12.4. The van der Waals surface area contributed by atoms with Gasteiger partial charge in [0, 0.05) is 36.7 Å². The molecule has 4 rings (SSSR count). The highest BCUT2D eigenvalue weighted by Crippen LogP contribution is 2.31. The van der Waals surface area contributed by atoms with Crippen LogP contribution in [0.4, 0.5) is 0 Å². The zero-order chi connectivity index (χ0) is 24.1. The van der Waals surface area contributed by atoms with Crippen LogP contribution in [0.1, 0.15) is 27.2 Å². The number of carboxylic acid groups (broad SMARTS) is 1. The number of ether oxygens (including phenoxy) is 3. The van der Waals surface area contributed by atoms with Crippen molar-refractivity contribution in [3.8, 4) is 17.2 Å². The van der Waals surface area contributed by atoms with Crippen LogP contribution in [0, 0.1) is 0 Å². The molecule has 0 bridgehead atoms. The van der Waals surface area contributed by atoms with E-state index >= 15 is 0 Å². The monoisotopic (exact) mass is 460 g/mol. The first kappa shape index (κ1) is 23.2. The lowest BCUT2D eigenvalue weighted by Gasteiger charge is -2.11. The number of rotatable bonds is 10. The van der Waals surface area contributed by atoms with E-state index in [2.05, 4.69) is 5.32 Å². The number of fused-ring (bicyclic) bond motifs is 1. The van der Waals surface area contributed by atoms with Gasteiger partial charge in [0.25, 0.3) is 0 Å². The summed E-state index contributed by atoms with van der Waals surface area (Å²) in [5.41, 5.74) is 3.88. The molecule has 0 saturated heterocycles. The summed E-state index contributed by atoms with van der Waals surface area (Å²) in [6, 6.07) is 21.1. The number of benzene rings is 3. The molecule has 4 aromatic rings. The van der Waals surface area contributed by atoms with Gasteiger partial charge in [0.15, 0.2) is 0 Å². The average molecular weight is 461 g/mol. The highest BCUT2D eigenvalue weighted by molar-refractivity contribution is 5.98. The highest BCUT2D eigenvalue weighted by Gasteiger charge is 2.23. The molecule has 0 spiro atoms. The summed E-state index contributed by atoms with van der Waals surface area (Å²) in [5, 5.41) is 14.5. The van der Waals surface area contributed by atoms with Crippen LogP contribution in [0.2, 0.25) is 0 Å². The van der Waals surface area contributed by atoms with Gasteiger partial charge >= 0.3 is 5.97 Å². The molecule has 0 aliphatic carbocycles. The molecule has 7 nitrogen and oxygen atoms in total. The van der Waals surface area contributed by atoms with Crippen molar-refractivity contribution in [2.45, 2.75) is 19.6 Å². The van der Waals surface area contributed by atoms with E-state index < -0.39 is 5.97 Å². The molecule has 7 heteroatoms. The third-order valence-corrected chi connectivity index (χ3v) is 5.87. The second-order valence-electron chi connectivity index (χ2n) is 7.90. The molecule has 0 amide bonds. The average Bonchev–Trinajstić information content (AvgIpc) is 3.17. The van der Waals surface area contributed by atoms with E-state index in [1.165, 1.54) is 0 Å². The molecule has 2 N–H and O–H groups in total. The number of aromatic nitrogens is 1.